The standard InChI is InChI=1S/C9H10N2O2S/c12-11(13)9-3-1-2-7(4-9)10-8-5-14-6-8/h1-4,8,10H,5-6H2. The first-order chi connectivity index (χ1) is 6.75. The molecule has 2 rings (SSSR count). The molecule has 0 aromatic heterocycles. The minimum Gasteiger partial charge on any atom is -0.380 e. The van der Waals surface area contributed by atoms with Crippen LogP contribution in [0.1, 0.15) is 0 Å². The fourth-order valence-corrected chi connectivity index (χ4v) is 1.90. The van der Waals surface area contributed by atoms with Crippen molar-refractivity contribution in [3.8, 4) is 0 Å². The van der Waals surface area contributed by atoms with Crippen LogP contribution in [0.3, 0.4) is 0 Å². The maximum atomic E-state index is 10.5. The summed E-state index contributed by atoms with van der Waals surface area (Å²) in [4.78, 5) is 10.1. The minimum absolute atomic E-state index is 0.141. The molecule has 0 amide bonds. The van der Waals surface area contributed by atoms with Crippen molar-refractivity contribution in [3.63, 3.8) is 0 Å². The van der Waals surface area contributed by atoms with Crippen molar-refractivity contribution in [1.29, 1.82) is 0 Å². The summed E-state index contributed by atoms with van der Waals surface area (Å²) in [6.45, 7) is 0. The summed E-state index contributed by atoms with van der Waals surface area (Å²) < 4.78 is 0. The van der Waals surface area contributed by atoms with E-state index in [1.807, 2.05) is 17.8 Å². The molecule has 0 spiro atoms. The van der Waals surface area contributed by atoms with Crippen molar-refractivity contribution in [1.82, 2.24) is 0 Å². The molecule has 14 heavy (non-hydrogen) atoms. The van der Waals surface area contributed by atoms with E-state index in [9.17, 15) is 10.1 Å². The Bertz CT molecular complexity index is 352. The van der Waals surface area contributed by atoms with Crippen molar-refractivity contribution in [3.05, 3.63) is 34.4 Å². The van der Waals surface area contributed by atoms with E-state index < -0.39 is 0 Å². The number of rotatable bonds is 3. The molecule has 1 aliphatic rings. The summed E-state index contributed by atoms with van der Waals surface area (Å²) in [7, 11) is 0. The average molecular weight is 210 g/mol. The van der Waals surface area contributed by atoms with Crippen LogP contribution in [0.5, 0.6) is 0 Å². The van der Waals surface area contributed by atoms with Gasteiger partial charge in [-0.3, -0.25) is 10.1 Å². The molecule has 1 aromatic carbocycles. The van der Waals surface area contributed by atoms with E-state index >= 15 is 0 Å². The Balaban J connectivity index is 2.09. The molecule has 1 N–H and O–H groups in total. The Morgan fingerprint density at radius 1 is 1.50 bits per heavy atom. The van der Waals surface area contributed by atoms with Crippen LogP contribution < -0.4 is 5.32 Å². The molecule has 0 radical (unpaired) electrons. The third-order valence-electron chi connectivity index (χ3n) is 2.07. The number of hydrogen-bond donors (Lipinski definition) is 1. The predicted octanol–water partition coefficient (Wildman–Crippen LogP) is 2.12. The van der Waals surface area contributed by atoms with Gasteiger partial charge < -0.3 is 5.32 Å². The lowest BCUT2D eigenvalue weighted by Gasteiger charge is -2.26. The van der Waals surface area contributed by atoms with Gasteiger partial charge in [-0.05, 0) is 6.07 Å². The highest BCUT2D eigenvalue weighted by Crippen LogP contribution is 2.24. The van der Waals surface area contributed by atoms with Crippen molar-refractivity contribution in [2.75, 3.05) is 16.8 Å². The second-order valence-corrected chi connectivity index (χ2v) is 4.26. The number of benzene rings is 1. The summed E-state index contributed by atoms with van der Waals surface area (Å²) in [5.41, 5.74) is 0.978. The van der Waals surface area contributed by atoms with E-state index in [0.717, 1.165) is 17.2 Å². The number of nitro benzene ring substituents is 1. The molecule has 0 atom stereocenters. The molecule has 5 heteroatoms. The lowest BCUT2D eigenvalue weighted by molar-refractivity contribution is -0.384. The summed E-state index contributed by atoms with van der Waals surface area (Å²) in [5.74, 6) is 2.17. The van der Waals surface area contributed by atoms with Gasteiger partial charge >= 0.3 is 0 Å². The number of nitrogens with one attached hydrogen (secondary N) is 1. The van der Waals surface area contributed by atoms with Crippen molar-refractivity contribution < 1.29 is 4.92 Å². The molecule has 1 saturated heterocycles. The Morgan fingerprint density at radius 2 is 2.29 bits per heavy atom. The summed E-state index contributed by atoms with van der Waals surface area (Å²) in [6, 6.07) is 7.10. The zero-order valence-corrected chi connectivity index (χ0v) is 8.29. The molecule has 1 aromatic rings. The number of nitrogens with zero attached hydrogens (tertiary/aromatic N) is 1. The molecule has 4 nitrogen and oxygen atoms in total. The molecule has 0 unspecified atom stereocenters. The number of anilines is 1. The van der Waals surface area contributed by atoms with Gasteiger partial charge in [0.25, 0.3) is 5.69 Å². The van der Waals surface area contributed by atoms with Crippen molar-refractivity contribution in [2.45, 2.75) is 6.04 Å². The fourth-order valence-electron chi connectivity index (χ4n) is 1.26. The van der Waals surface area contributed by atoms with Crippen LogP contribution in [0.4, 0.5) is 11.4 Å². The summed E-state index contributed by atoms with van der Waals surface area (Å²) in [6.07, 6.45) is 0. The van der Waals surface area contributed by atoms with Gasteiger partial charge in [-0.2, -0.15) is 11.8 Å². The van der Waals surface area contributed by atoms with Crippen molar-refractivity contribution in [2.24, 2.45) is 0 Å². The topological polar surface area (TPSA) is 55.2 Å². The minimum atomic E-state index is -0.374. The first-order valence-corrected chi connectivity index (χ1v) is 5.50. The highest BCUT2D eigenvalue weighted by Gasteiger charge is 2.18. The highest BCUT2D eigenvalue weighted by molar-refractivity contribution is 8.00. The van der Waals surface area contributed by atoms with Gasteiger partial charge in [0.05, 0.1) is 4.92 Å². The SMILES string of the molecule is O=[N+]([O-])c1cccc(NC2CSC2)c1. The number of nitro groups is 1. The molecule has 0 bridgehead atoms. The molecule has 1 aliphatic heterocycles. The number of non-ortho nitro benzene ring substituents is 1. The van der Waals surface area contributed by atoms with Crippen LogP contribution in [0.25, 0.3) is 0 Å². The first-order valence-electron chi connectivity index (χ1n) is 4.34. The Kier molecular flexibility index (Phi) is 2.58. The van der Waals surface area contributed by atoms with E-state index in [0.29, 0.717) is 6.04 Å². The van der Waals surface area contributed by atoms with E-state index in [1.54, 1.807) is 12.1 Å². The second-order valence-electron chi connectivity index (χ2n) is 3.19. The zero-order chi connectivity index (χ0) is 9.97. The second kappa shape index (κ2) is 3.88. The van der Waals surface area contributed by atoms with E-state index in [4.69, 9.17) is 0 Å². The van der Waals surface area contributed by atoms with Crippen LogP contribution in [0.15, 0.2) is 24.3 Å². The number of hydrogen-bond acceptors (Lipinski definition) is 4. The zero-order valence-electron chi connectivity index (χ0n) is 7.47. The van der Waals surface area contributed by atoms with E-state index in [1.165, 1.54) is 6.07 Å². The Hall–Kier alpha value is -1.23. The molecular formula is C9H10N2O2S. The van der Waals surface area contributed by atoms with E-state index in [-0.39, 0.29) is 10.6 Å². The normalized spacial score (nSPS) is 16.0. The third kappa shape index (κ3) is 1.98. The van der Waals surface area contributed by atoms with Crippen LogP contribution in [-0.2, 0) is 0 Å². The van der Waals surface area contributed by atoms with Crippen LogP contribution in [-0.4, -0.2) is 22.5 Å². The van der Waals surface area contributed by atoms with Gasteiger partial charge in [-0.25, -0.2) is 0 Å². The lowest BCUT2D eigenvalue weighted by atomic mass is 10.2. The Morgan fingerprint density at radius 3 is 2.86 bits per heavy atom. The van der Waals surface area contributed by atoms with E-state index in [2.05, 4.69) is 5.32 Å². The maximum Gasteiger partial charge on any atom is 0.271 e. The van der Waals surface area contributed by atoms with Gasteiger partial charge in [0.2, 0.25) is 0 Å². The average Bonchev–Trinajstić information content (AvgIpc) is 2.12. The molecule has 74 valence electrons. The first kappa shape index (κ1) is 9.33. The Labute approximate surface area is 85.8 Å². The fraction of sp³-hybridized carbons (Fsp3) is 0.333. The molecular weight excluding hydrogens is 200 g/mol. The summed E-state index contributed by atoms with van der Waals surface area (Å²) in [5, 5.41) is 13.7. The predicted molar refractivity (Wildman–Crippen MR) is 57.8 cm³/mol. The highest BCUT2D eigenvalue weighted by atomic mass is 32.2. The maximum absolute atomic E-state index is 10.5. The monoisotopic (exact) mass is 210 g/mol. The quantitative estimate of drug-likeness (QED) is 0.613. The van der Waals surface area contributed by atoms with Crippen LogP contribution >= 0.6 is 11.8 Å². The van der Waals surface area contributed by atoms with Gasteiger partial charge in [0, 0.05) is 35.4 Å². The largest absolute Gasteiger partial charge is 0.380 e. The number of thioether (sulfide) groups is 1. The smallest absolute Gasteiger partial charge is 0.271 e. The van der Waals surface area contributed by atoms with Crippen LogP contribution in [0.2, 0.25) is 0 Å². The summed E-state index contributed by atoms with van der Waals surface area (Å²) >= 11 is 1.88. The van der Waals surface area contributed by atoms with Gasteiger partial charge in [0.15, 0.2) is 0 Å². The van der Waals surface area contributed by atoms with Crippen molar-refractivity contribution >= 4 is 23.1 Å². The molecule has 1 fully saturated rings. The molecule has 1 heterocycles. The third-order valence-corrected chi connectivity index (χ3v) is 3.34. The molecule has 0 aliphatic carbocycles. The molecule has 0 saturated carbocycles. The van der Waals surface area contributed by atoms with Gasteiger partial charge in [0.1, 0.15) is 0 Å². The lowest BCUT2D eigenvalue weighted by Crippen LogP contribution is -2.33. The van der Waals surface area contributed by atoms with Gasteiger partial charge in [-0.1, -0.05) is 6.07 Å². The van der Waals surface area contributed by atoms with Gasteiger partial charge in [-0.15, -0.1) is 0 Å². The van der Waals surface area contributed by atoms with Crippen LogP contribution in [0, 0.1) is 10.1 Å².